The minimum absolute atomic E-state index is 0.0638. The molecule has 2 heterocycles. The van der Waals surface area contributed by atoms with Crippen molar-refractivity contribution < 1.29 is 4.74 Å². The highest BCUT2D eigenvalue weighted by Gasteiger charge is 2.17. The Morgan fingerprint density at radius 3 is 2.39 bits per heavy atom. The van der Waals surface area contributed by atoms with E-state index in [0.717, 1.165) is 33.3 Å². The number of para-hydroxylation sites is 1. The fourth-order valence-electron chi connectivity index (χ4n) is 3.61. The zero-order chi connectivity index (χ0) is 21.2. The third-order valence-electron chi connectivity index (χ3n) is 5.19. The number of aromatic nitrogens is 4. The van der Waals surface area contributed by atoms with Crippen molar-refractivity contribution in [1.82, 2.24) is 19.2 Å². The van der Waals surface area contributed by atoms with E-state index < -0.39 is 0 Å². The molecular formula is C24H20N4O2S. The summed E-state index contributed by atoms with van der Waals surface area (Å²) < 4.78 is 8.91. The fraction of sp³-hybridized carbons (Fsp3) is 0.125. The van der Waals surface area contributed by atoms with Crippen LogP contribution in [-0.4, -0.2) is 26.3 Å². The Bertz CT molecular complexity index is 1410. The molecule has 31 heavy (non-hydrogen) atoms. The van der Waals surface area contributed by atoms with Crippen LogP contribution in [0.1, 0.15) is 11.1 Å². The minimum Gasteiger partial charge on any atom is -0.497 e. The smallest absolute Gasteiger partial charge is 0.263 e. The van der Waals surface area contributed by atoms with Crippen molar-refractivity contribution in [3.05, 3.63) is 100 Å². The Kier molecular flexibility index (Phi) is 5.18. The normalized spacial score (nSPS) is 11.3. The minimum atomic E-state index is -0.0638. The SMILES string of the molecule is COc1ccc(CSc2nnc3n(Cc4ccccc4)c(=O)c4ccccc4n23)cc1. The van der Waals surface area contributed by atoms with Crippen molar-refractivity contribution in [1.29, 1.82) is 0 Å². The standard InChI is InChI=1S/C24H20N4O2S/c1-30-19-13-11-18(12-14-19)16-31-24-26-25-23-27(15-17-7-3-2-4-8-17)22(29)20-9-5-6-10-21(20)28(23)24/h2-14H,15-16H2,1H3. The summed E-state index contributed by atoms with van der Waals surface area (Å²) in [5, 5.41) is 10.2. The van der Waals surface area contributed by atoms with Gasteiger partial charge in [-0.05, 0) is 35.4 Å². The second kappa shape index (κ2) is 8.28. The molecule has 0 fully saturated rings. The summed E-state index contributed by atoms with van der Waals surface area (Å²) in [5.74, 6) is 2.11. The summed E-state index contributed by atoms with van der Waals surface area (Å²) in [6.45, 7) is 0.440. The predicted octanol–water partition coefficient (Wildman–Crippen LogP) is 4.39. The lowest BCUT2D eigenvalue weighted by atomic mass is 10.2. The van der Waals surface area contributed by atoms with Crippen LogP contribution >= 0.6 is 11.8 Å². The van der Waals surface area contributed by atoms with Gasteiger partial charge in [0, 0.05) is 5.75 Å². The molecule has 0 N–H and O–H groups in total. The third kappa shape index (κ3) is 3.68. The number of benzene rings is 3. The largest absolute Gasteiger partial charge is 0.497 e. The van der Waals surface area contributed by atoms with E-state index in [4.69, 9.17) is 4.74 Å². The number of hydrogen-bond acceptors (Lipinski definition) is 5. The molecule has 0 atom stereocenters. The monoisotopic (exact) mass is 428 g/mol. The first-order valence-electron chi connectivity index (χ1n) is 9.91. The van der Waals surface area contributed by atoms with Crippen LogP contribution in [0.5, 0.6) is 5.75 Å². The van der Waals surface area contributed by atoms with Crippen LogP contribution < -0.4 is 10.3 Å². The van der Waals surface area contributed by atoms with Crippen molar-refractivity contribution in [2.45, 2.75) is 17.5 Å². The second-order valence-corrected chi connectivity index (χ2v) is 8.09. The maximum absolute atomic E-state index is 13.3. The van der Waals surface area contributed by atoms with Gasteiger partial charge in [-0.25, -0.2) is 0 Å². The van der Waals surface area contributed by atoms with Crippen LogP contribution in [0.4, 0.5) is 0 Å². The van der Waals surface area contributed by atoms with E-state index in [9.17, 15) is 4.79 Å². The van der Waals surface area contributed by atoms with Gasteiger partial charge < -0.3 is 4.74 Å². The van der Waals surface area contributed by atoms with Gasteiger partial charge in [-0.15, -0.1) is 10.2 Å². The number of methoxy groups -OCH3 is 1. The third-order valence-corrected chi connectivity index (χ3v) is 6.19. The molecule has 0 amide bonds. The number of fused-ring (bicyclic) bond motifs is 3. The van der Waals surface area contributed by atoms with Gasteiger partial charge in [-0.1, -0.05) is 66.4 Å². The molecule has 3 aromatic carbocycles. The van der Waals surface area contributed by atoms with Gasteiger partial charge >= 0.3 is 0 Å². The van der Waals surface area contributed by atoms with Gasteiger partial charge in [0.2, 0.25) is 5.78 Å². The zero-order valence-electron chi connectivity index (χ0n) is 16.9. The molecule has 0 spiro atoms. The van der Waals surface area contributed by atoms with Crippen molar-refractivity contribution >= 4 is 28.4 Å². The number of thioether (sulfide) groups is 1. The average Bonchev–Trinajstić information content (AvgIpc) is 3.25. The lowest BCUT2D eigenvalue weighted by Gasteiger charge is -2.11. The van der Waals surface area contributed by atoms with Crippen LogP contribution in [-0.2, 0) is 12.3 Å². The lowest BCUT2D eigenvalue weighted by molar-refractivity contribution is 0.414. The van der Waals surface area contributed by atoms with Crippen LogP contribution in [0.3, 0.4) is 0 Å². The van der Waals surface area contributed by atoms with E-state index >= 15 is 0 Å². The van der Waals surface area contributed by atoms with Gasteiger partial charge in [0.25, 0.3) is 5.56 Å². The maximum atomic E-state index is 13.3. The first kappa shape index (κ1) is 19.4. The first-order chi connectivity index (χ1) is 15.2. The van der Waals surface area contributed by atoms with Crippen molar-refractivity contribution in [2.75, 3.05) is 7.11 Å². The van der Waals surface area contributed by atoms with E-state index in [1.54, 1.807) is 23.4 Å². The van der Waals surface area contributed by atoms with E-state index in [1.807, 2.05) is 83.3 Å². The highest BCUT2D eigenvalue weighted by molar-refractivity contribution is 7.98. The Morgan fingerprint density at radius 2 is 1.61 bits per heavy atom. The fourth-order valence-corrected chi connectivity index (χ4v) is 4.50. The summed E-state index contributed by atoms with van der Waals surface area (Å²) in [7, 11) is 1.66. The summed E-state index contributed by atoms with van der Waals surface area (Å²) in [4.78, 5) is 13.3. The zero-order valence-corrected chi connectivity index (χ0v) is 17.7. The number of hydrogen-bond donors (Lipinski definition) is 0. The van der Waals surface area contributed by atoms with Crippen LogP contribution in [0.15, 0.2) is 88.8 Å². The molecule has 0 aliphatic rings. The molecule has 0 saturated carbocycles. The summed E-state index contributed by atoms with van der Waals surface area (Å²) in [6.07, 6.45) is 0. The molecule has 154 valence electrons. The molecular weight excluding hydrogens is 408 g/mol. The van der Waals surface area contributed by atoms with Gasteiger partial charge in [-0.2, -0.15) is 0 Å². The Hall–Kier alpha value is -3.58. The summed E-state index contributed by atoms with van der Waals surface area (Å²) >= 11 is 1.59. The van der Waals surface area contributed by atoms with E-state index in [1.165, 1.54) is 0 Å². The maximum Gasteiger partial charge on any atom is 0.263 e. The summed E-state index contributed by atoms with van der Waals surface area (Å²) in [5.41, 5.74) is 2.95. The quantitative estimate of drug-likeness (QED) is 0.375. The number of rotatable bonds is 6. The van der Waals surface area contributed by atoms with E-state index in [2.05, 4.69) is 10.2 Å². The van der Waals surface area contributed by atoms with Gasteiger partial charge in [-0.3, -0.25) is 13.8 Å². The highest BCUT2D eigenvalue weighted by Crippen LogP contribution is 2.25. The summed E-state index contributed by atoms with van der Waals surface area (Å²) in [6, 6.07) is 25.5. The first-order valence-corrected chi connectivity index (χ1v) is 10.9. The van der Waals surface area contributed by atoms with E-state index in [0.29, 0.717) is 17.7 Å². The molecule has 0 bridgehead atoms. The second-order valence-electron chi connectivity index (χ2n) is 7.15. The topological polar surface area (TPSA) is 61.4 Å². The van der Waals surface area contributed by atoms with Crippen LogP contribution in [0, 0.1) is 0 Å². The van der Waals surface area contributed by atoms with Gasteiger partial charge in [0.1, 0.15) is 5.75 Å². The molecule has 2 aromatic heterocycles. The molecule has 0 aliphatic carbocycles. The number of nitrogens with zero attached hydrogens (tertiary/aromatic N) is 4. The highest BCUT2D eigenvalue weighted by atomic mass is 32.2. The predicted molar refractivity (Wildman–Crippen MR) is 123 cm³/mol. The average molecular weight is 429 g/mol. The van der Waals surface area contributed by atoms with Crippen molar-refractivity contribution in [3.8, 4) is 5.75 Å². The molecule has 5 aromatic rings. The Morgan fingerprint density at radius 1 is 0.871 bits per heavy atom. The molecule has 7 heteroatoms. The van der Waals surface area contributed by atoms with Gasteiger partial charge in [0.15, 0.2) is 5.16 Å². The van der Waals surface area contributed by atoms with E-state index in [-0.39, 0.29) is 5.56 Å². The molecule has 5 rings (SSSR count). The van der Waals surface area contributed by atoms with Crippen molar-refractivity contribution in [3.63, 3.8) is 0 Å². The molecule has 0 radical (unpaired) electrons. The van der Waals surface area contributed by atoms with Crippen molar-refractivity contribution in [2.24, 2.45) is 0 Å². The Labute approximate surface area is 183 Å². The molecule has 6 nitrogen and oxygen atoms in total. The molecule has 0 saturated heterocycles. The van der Waals surface area contributed by atoms with Crippen LogP contribution in [0.25, 0.3) is 16.7 Å². The molecule has 0 aliphatic heterocycles. The Balaban J connectivity index is 1.59. The van der Waals surface area contributed by atoms with Gasteiger partial charge in [0.05, 0.1) is 24.6 Å². The molecule has 0 unspecified atom stereocenters. The van der Waals surface area contributed by atoms with Crippen LogP contribution in [0.2, 0.25) is 0 Å². The lowest BCUT2D eigenvalue weighted by Crippen LogP contribution is -2.24. The number of ether oxygens (including phenoxy) is 1.